The summed E-state index contributed by atoms with van der Waals surface area (Å²) >= 11 is 5.83. The zero-order valence-electron chi connectivity index (χ0n) is 10.2. The molecule has 0 radical (unpaired) electrons. The third kappa shape index (κ3) is 5.15. The summed E-state index contributed by atoms with van der Waals surface area (Å²) in [5, 5.41) is 3.11. The van der Waals surface area contributed by atoms with Gasteiger partial charge in [0.05, 0.1) is 12.2 Å². The van der Waals surface area contributed by atoms with Gasteiger partial charge < -0.3 is 5.32 Å². The van der Waals surface area contributed by atoms with E-state index >= 15 is 0 Å². The number of hydrogen-bond acceptors (Lipinski definition) is 3. The van der Waals surface area contributed by atoms with Crippen LogP contribution in [-0.4, -0.2) is 35.9 Å². The summed E-state index contributed by atoms with van der Waals surface area (Å²) in [5.41, 5.74) is 0.884. The monoisotopic (exact) mass is 255 g/mol. The number of rotatable bonds is 6. The molecule has 0 atom stereocenters. The molecule has 1 rings (SSSR count). The third-order valence-corrected chi connectivity index (χ3v) is 2.55. The van der Waals surface area contributed by atoms with Gasteiger partial charge >= 0.3 is 0 Å². The molecule has 0 aliphatic carbocycles. The maximum absolute atomic E-state index is 11.4. The lowest BCUT2D eigenvalue weighted by molar-refractivity contribution is -0.121. The van der Waals surface area contributed by atoms with Gasteiger partial charge in [0, 0.05) is 13.6 Å². The first-order chi connectivity index (χ1) is 8.15. The van der Waals surface area contributed by atoms with Crippen molar-refractivity contribution in [3.8, 4) is 0 Å². The van der Waals surface area contributed by atoms with E-state index in [0.717, 1.165) is 18.7 Å². The van der Waals surface area contributed by atoms with Crippen LogP contribution in [0.5, 0.6) is 0 Å². The van der Waals surface area contributed by atoms with Crippen LogP contribution in [-0.2, 0) is 11.3 Å². The molecule has 1 aromatic rings. The fraction of sp³-hybridized carbons (Fsp3) is 0.500. The van der Waals surface area contributed by atoms with Crippen molar-refractivity contribution >= 4 is 17.5 Å². The molecule has 1 aromatic heterocycles. The average molecular weight is 256 g/mol. The second-order valence-electron chi connectivity index (χ2n) is 3.84. The first kappa shape index (κ1) is 13.9. The SMILES string of the molecule is CCCN(CC(=O)NC)Cc1cccc(Cl)n1. The highest BCUT2D eigenvalue weighted by atomic mass is 35.5. The molecule has 1 N–H and O–H groups in total. The second-order valence-corrected chi connectivity index (χ2v) is 4.22. The van der Waals surface area contributed by atoms with Crippen molar-refractivity contribution in [1.82, 2.24) is 15.2 Å². The average Bonchev–Trinajstić information content (AvgIpc) is 2.29. The number of halogens is 1. The minimum atomic E-state index is 0.0143. The van der Waals surface area contributed by atoms with Crippen molar-refractivity contribution in [3.05, 3.63) is 29.0 Å². The Morgan fingerprint density at radius 2 is 2.29 bits per heavy atom. The maximum Gasteiger partial charge on any atom is 0.233 e. The summed E-state index contributed by atoms with van der Waals surface area (Å²) in [6, 6.07) is 5.53. The number of likely N-dealkylation sites (N-methyl/N-ethyl adjacent to an activating group) is 1. The molecule has 0 spiro atoms. The maximum atomic E-state index is 11.4. The number of carbonyl (C=O) groups excluding carboxylic acids is 1. The first-order valence-electron chi connectivity index (χ1n) is 5.70. The van der Waals surface area contributed by atoms with Crippen LogP contribution >= 0.6 is 11.6 Å². The standard InChI is InChI=1S/C12H18ClN3O/c1-3-7-16(9-12(17)14-2)8-10-5-4-6-11(13)15-10/h4-6H,3,7-9H2,1-2H3,(H,14,17). The van der Waals surface area contributed by atoms with Crippen molar-refractivity contribution in [2.75, 3.05) is 20.1 Å². The quantitative estimate of drug-likeness (QED) is 0.787. The lowest BCUT2D eigenvalue weighted by atomic mass is 10.3. The van der Waals surface area contributed by atoms with Crippen LogP contribution in [0.3, 0.4) is 0 Å². The zero-order valence-corrected chi connectivity index (χ0v) is 11.0. The van der Waals surface area contributed by atoms with E-state index in [1.54, 1.807) is 13.1 Å². The molecule has 17 heavy (non-hydrogen) atoms. The molecule has 0 fully saturated rings. The highest BCUT2D eigenvalue weighted by Crippen LogP contribution is 2.08. The predicted octanol–water partition coefficient (Wildman–Crippen LogP) is 1.69. The minimum Gasteiger partial charge on any atom is -0.358 e. The Kier molecular flexibility index (Phi) is 5.94. The van der Waals surface area contributed by atoms with Crippen molar-refractivity contribution in [3.63, 3.8) is 0 Å². The number of aromatic nitrogens is 1. The molecule has 0 aliphatic heterocycles. The van der Waals surface area contributed by atoms with Gasteiger partial charge in [-0.05, 0) is 25.1 Å². The predicted molar refractivity (Wildman–Crippen MR) is 68.9 cm³/mol. The van der Waals surface area contributed by atoms with Gasteiger partial charge in [-0.1, -0.05) is 24.6 Å². The van der Waals surface area contributed by atoms with Crippen LogP contribution in [0.25, 0.3) is 0 Å². The molecule has 5 heteroatoms. The van der Waals surface area contributed by atoms with Gasteiger partial charge in [-0.2, -0.15) is 0 Å². The van der Waals surface area contributed by atoms with E-state index in [-0.39, 0.29) is 5.91 Å². The Morgan fingerprint density at radius 1 is 1.53 bits per heavy atom. The number of amides is 1. The smallest absolute Gasteiger partial charge is 0.233 e. The Labute approximate surface area is 107 Å². The molecule has 4 nitrogen and oxygen atoms in total. The van der Waals surface area contributed by atoms with Gasteiger partial charge in [0.1, 0.15) is 5.15 Å². The Morgan fingerprint density at radius 3 is 2.88 bits per heavy atom. The molecular formula is C12H18ClN3O. The van der Waals surface area contributed by atoms with Crippen LogP contribution in [0.4, 0.5) is 0 Å². The van der Waals surface area contributed by atoms with Gasteiger partial charge in [-0.25, -0.2) is 4.98 Å². The van der Waals surface area contributed by atoms with Crippen LogP contribution in [0.15, 0.2) is 18.2 Å². The molecule has 0 bridgehead atoms. The second kappa shape index (κ2) is 7.25. The lowest BCUT2D eigenvalue weighted by Gasteiger charge is -2.20. The van der Waals surface area contributed by atoms with E-state index in [4.69, 9.17) is 11.6 Å². The number of carbonyl (C=O) groups is 1. The molecule has 1 amide bonds. The number of pyridine rings is 1. The van der Waals surface area contributed by atoms with E-state index in [0.29, 0.717) is 18.2 Å². The molecule has 0 saturated carbocycles. The normalized spacial score (nSPS) is 10.6. The van der Waals surface area contributed by atoms with E-state index in [9.17, 15) is 4.79 Å². The van der Waals surface area contributed by atoms with Gasteiger partial charge in [0.2, 0.25) is 5.91 Å². The van der Waals surface area contributed by atoms with Crippen LogP contribution in [0, 0.1) is 0 Å². The fourth-order valence-electron chi connectivity index (χ4n) is 1.58. The summed E-state index contributed by atoms with van der Waals surface area (Å²) in [6.07, 6.45) is 0.998. The van der Waals surface area contributed by atoms with E-state index in [2.05, 4.69) is 22.1 Å². The molecular weight excluding hydrogens is 238 g/mol. The van der Waals surface area contributed by atoms with Crippen molar-refractivity contribution in [2.45, 2.75) is 19.9 Å². The Bertz CT molecular complexity index is 371. The summed E-state index contributed by atoms with van der Waals surface area (Å²) in [6.45, 7) is 3.98. The molecule has 1 heterocycles. The summed E-state index contributed by atoms with van der Waals surface area (Å²) in [5.74, 6) is 0.0143. The van der Waals surface area contributed by atoms with E-state index in [1.165, 1.54) is 0 Å². The number of hydrogen-bond donors (Lipinski definition) is 1. The number of nitrogens with one attached hydrogen (secondary N) is 1. The van der Waals surface area contributed by atoms with Crippen molar-refractivity contribution in [1.29, 1.82) is 0 Å². The van der Waals surface area contributed by atoms with E-state index < -0.39 is 0 Å². The van der Waals surface area contributed by atoms with Gasteiger partial charge in [0.25, 0.3) is 0 Å². The largest absolute Gasteiger partial charge is 0.358 e. The molecule has 0 unspecified atom stereocenters. The fourth-order valence-corrected chi connectivity index (χ4v) is 1.76. The van der Waals surface area contributed by atoms with Crippen LogP contribution in [0.1, 0.15) is 19.0 Å². The minimum absolute atomic E-state index is 0.0143. The molecule has 0 aliphatic rings. The van der Waals surface area contributed by atoms with Gasteiger partial charge in [0.15, 0.2) is 0 Å². The van der Waals surface area contributed by atoms with E-state index in [1.807, 2.05) is 12.1 Å². The topological polar surface area (TPSA) is 45.2 Å². The summed E-state index contributed by atoms with van der Waals surface area (Å²) in [7, 11) is 1.64. The zero-order chi connectivity index (χ0) is 12.7. The highest BCUT2D eigenvalue weighted by molar-refractivity contribution is 6.29. The summed E-state index contributed by atoms with van der Waals surface area (Å²) < 4.78 is 0. The van der Waals surface area contributed by atoms with Crippen LogP contribution in [0.2, 0.25) is 5.15 Å². The van der Waals surface area contributed by atoms with Gasteiger partial charge in [-0.3, -0.25) is 9.69 Å². The molecule has 94 valence electrons. The van der Waals surface area contributed by atoms with Crippen molar-refractivity contribution < 1.29 is 4.79 Å². The summed E-state index contributed by atoms with van der Waals surface area (Å²) in [4.78, 5) is 17.6. The molecule has 0 saturated heterocycles. The third-order valence-electron chi connectivity index (χ3n) is 2.34. The van der Waals surface area contributed by atoms with Gasteiger partial charge in [-0.15, -0.1) is 0 Å². The molecule has 0 aromatic carbocycles. The number of nitrogens with zero attached hydrogens (tertiary/aromatic N) is 2. The Balaban J connectivity index is 2.62. The lowest BCUT2D eigenvalue weighted by Crippen LogP contribution is -2.35. The highest BCUT2D eigenvalue weighted by Gasteiger charge is 2.10. The first-order valence-corrected chi connectivity index (χ1v) is 6.08. The van der Waals surface area contributed by atoms with Crippen LogP contribution < -0.4 is 5.32 Å². The van der Waals surface area contributed by atoms with Crippen molar-refractivity contribution in [2.24, 2.45) is 0 Å². The Hall–Kier alpha value is -1.13.